The first-order valence-corrected chi connectivity index (χ1v) is 24.1. The van der Waals surface area contributed by atoms with Crippen LogP contribution < -0.4 is 10.1 Å². The number of ether oxygens (including phenoxy) is 3. The molecule has 3 aromatic carbocycles. The summed E-state index contributed by atoms with van der Waals surface area (Å²) >= 11 is 0. The first kappa shape index (κ1) is 48.3. The number of fused-ring (bicyclic) bond motifs is 12. The van der Waals surface area contributed by atoms with E-state index in [1.165, 1.54) is 11.6 Å². The minimum absolute atomic E-state index is 0.00691. The van der Waals surface area contributed by atoms with Gasteiger partial charge in [0.2, 0.25) is 11.9 Å². The smallest absolute Gasteiger partial charge is 0.258 e. The highest BCUT2D eigenvalue weighted by atomic mass is 16.5. The van der Waals surface area contributed by atoms with E-state index in [9.17, 15) is 19.8 Å². The lowest BCUT2D eigenvalue weighted by Gasteiger charge is -2.35. The number of hydrogen-bond acceptors (Lipinski definition) is 13. The van der Waals surface area contributed by atoms with Crippen molar-refractivity contribution in [1.29, 1.82) is 0 Å². The molecule has 1 saturated heterocycles. The number of aromatic hydroxyl groups is 2. The number of rotatable bonds is 14. The zero-order valence-corrected chi connectivity index (χ0v) is 40.0. The van der Waals surface area contributed by atoms with Gasteiger partial charge in [0, 0.05) is 103 Å². The number of carbonyl (C=O) groups is 2. The number of benzene rings is 3. The van der Waals surface area contributed by atoms with Gasteiger partial charge in [-0.1, -0.05) is 39.0 Å². The highest BCUT2D eigenvalue weighted by molar-refractivity contribution is 5.97. The lowest BCUT2D eigenvalue weighted by molar-refractivity contribution is -0.134. The third-order valence-corrected chi connectivity index (χ3v) is 13.0. The molecule has 4 bridgehead atoms. The Morgan fingerprint density at radius 3 is 2.37 bits per heavy atom. The van der Waals surface area contributed by atoms with E-state index in [1.807, 2.05) is 47.7 Å². The predicted molar refractivity (Wildman–Crippen MR) is 262 cm³/mol. The van der Waals surface area contributed by atoms with Crippen LogP contribution in [0.3, 0.4) is 0 Å². The molecule has 4 aliphatic heterocycles. The Morgan fingerprint density at radius 1 is 0.809 bits per heavy atom. The fourth-order valence-corrected chi connectivity index (χ4v) is 9.09. The molecule has 0 unspecified atom stereocenters. The van der Waals surface area contributed by atoms with Gasteiger partial charge in [-0.25, -0.2) is 9.50 Å². The minimum Gasteiger partial charge on any atom is -0.508 e. The van der Waals surface area contributed by atoms with E-state index in [0.29, 0.717) is 77.1 Å². The SMILES string of the molecule is CC/C1=C\N(C)CCCN(CCOCCOCCC(=O)N2CCN(Cc3ccc4c(c3)CN(C(=O)c3cc(C(C)C)c(O)cc3O)C4)CC2)CCOc2ccc(cc2)-c2ccc3cnc(nn23)N1. The topological polar surface area (TPSA) is 161 Å². The van der Waals surface area contributed by atoms with Crippen molar-refractivity contribution in [2.24, 2.45) is 0 Å². The third kappa shape index (κ3) is 12.3. The number of anilines is 1. The summed E-state index contributed by atoms with van der Waals surface area (Å²) in [5, 5.41) is 29.0. The number of phenolic OH excluding ortho intramolecular Hbond substituents is 2. The Morgan fingerprint density at radius 2 is 1.59 bits per heavy atom. The molecule has 4 aliphatic rings. The van der Waals surface area contributed by atoms with Gasteiger partial charge in [0.25, 0.3) is 5.91 Å². The van der Waals surface area contributed by atoms with Crippen LogP contribution in [-0.2, 0) is 33.9 Å². The van der Waals surface area contributed by atoms with Crippen molar-refractivity contribution >= 4 is 23.3 Å². The normalized spacial score (nSPS) is 17.1. The number of carbonyl (C=O) groups excluding carboxylic acids is 2. The summed E-state index contributed by atoms with van der Waals surface area (Å²) in [7, 11) is 2.09. The molecule has 1 fully saturated rings. The van der Waals surface area contributed by atoms with Crippen molar-refractivity contribution in [3.05, 3.63) is 113 Å². The summed E-state index contributed by atoms with van der Waals surface area (Å²) in [6.45, 7) is 16.3. The number of amides is 2. The van der Waals surface area contributed by atoms with Crippen molar-refractivity contribution in [1.82, 2.24) is 39.1 Å². The Balaban J connectivity index is 0.723. The molecule has 68 heavy (non-hydrogen) atoms. The lowest BCUT2D eigenvalue weighted by atomic mass is 9.98. The van der Waals surface area contributed by atoms with Crippen LogP contribution in [0.4, 0.5) is 5.95 Å². The van der Waals surface area contributed by atoms with Crippen molar-refractivity contribution in [2.75, 3.05) is 97.8 Å². The summed E-state index contributed by atoms with van der Waals surface area (Å²) in [4.78, 5) is 41.7. The Labute approximate surface area is 399 Å². The van der Waals surface area contributed by atoms with Gasteiger partial charge in [0.15, 0.2) is 0 Å². The molecule has 0 atom stereocenters. The fourth-order valence-electron chi connectivity index (χ4n) is 9.09. The van der Waals surface area contributed by atoms with Gasteiger partial charge in [0.05, 0.1) is 55.8 Å². The van der Waals surface area contributed by atoms with Gasteiger partial charge < -0.3 is 44.4 Å². The molecular weight excluding hydrogens is 863 g/mol. The van der Waals surface area contributed by atoms with Crippen LogP contribution in [-0.4, -0.2) is 154 Å². The monoisotopic (exact) mass is 930 g/mol. The van der Waals surface area contributed by atoms with Crippen molar-refractivity contribution in [2.45, 2.75) is 65.6 Å². The van der Waals surface area contributed by atoms with Crippen LogP contribution in [0, 0.1) is 0 Å². The van der Waals surface area contributed by atoms with E-state index in [-0.39, 0.29) is 34.8 Å². The van der Waals surface area contributed by atoms with E-state index < -0.39 is 0 Å². The summed E-state index contributed by atoms with van der Waals surface area (Å²) in [6.07, 6.45) is 6.10. The lowest BCUT2D eigenvalue weighted by Crippen LogP contribution is -2.48. The van der Waals surface area contributed by atoms with E-state index in [0.717, 1.165) is 98.0 Å². The van der Waals surface area contributed by atoms with Crippen molar-refractivity contribution in [3.8, 4) is 28.5 Å². The van der Waals surface area contributed by atoms with Crippen LogP contribution in [0.25, 0.3) is 16.8 Å². The van der Waals surface area contributed by atoms with E-state index >= 15 is 0 Å². The average Bonchev–Trinajstić information content (AvgIpc) is 3.96. The van der Waals surface area contributed by atoms with Crippen LogP contribution in [0.15, 0.2) is 84.8 Å². The number of hydrogen-bond donors (Lipinski definition) is 3. The van der Waals surface area contributed by atoms with Crippen LogP contribution >= 0.6 is 0 Å². The number of aromatic nitrogens is 3. The summed E-state index contributed by atoms with van der Waals surface area (Å²) in [5.41, 5.74) is 8.19. The second-order valence-electron chi connectivity index (χ2n) is 18.3. The highest BCUT2D eigenvalue weighted by Gasteiger charge is 2.28. The van der Waals surface area contributed by atoms with Gasteiger partial charge in [0.1, 0.15) is 23.9 Å². The van der Waals surface area contributed by atoms with E-state index in [1.54, 1.807) is 11.0 Å². The Hall–Kier alpha value is -6.20. The van der Waals surface area contributed by atoms with Crippen LogP contribution in [0.2, 0.25) is 0 Å². The van der Waals surface area contributed by atoms with Crippen molar-refractivity contribution in [3.63, 3.8) is 0 Å². The van der Waals surface area contributed by atoms with Gasteiger partial charge in [-0.05, 0) is 83.5 Å². The standard InChI is InChI=1S/C52H67N9O7/c1-5-42-36-56(4)16-6-17-57(23-26-68-44-12-9-39(10-13-44)47-14-11-43-32-53-52(54-42)55-61(43)47)22-25-67-28-27-66-24-15-50(64)59-20-18-58(19-21-59)33-38-7-8-40-34-60(35-41(40)29-38)51(65)46-30-45(37(2)3)48(62)31-49(46)63/h7-14,29-32,36-37,62-63H,5-6,15-28,33-35H2,1-4H3,(H,54,55)/b42-36+. The third-order valence-electron chi connectivity index (χ3n) is 13.0. The largest absolute Gasteiger partial charge is 0.508 e. The Bertz CT molecular complexity index is 2540. The van der Waals surface area contributed by atoms with Gasteiger partial charge >= 0.3 is 0 Å². The molecule has 0 spiro atoms. The molecule has 0 radical (unpaired) electrons. The van der Waals surface area contributed by atoms with Crippen LogP contribution in [0.5, 0.6) is 17.2 Å². The second kappa shape index (κ2) is 22.7. The number of nitrogens with zero attached hydrogens (tertiary/aromatic N) is 8. The maximum absolute atomic E-state index is 13.5. The Kier molecular flexibility index (Phi) is 16.1. The molecule has 16 heteroatoms. The van der Waals surface area contributed by atoms with E-state index in [2.05, 4.69) is 81.6 Å². The minimum atomic E-state index is -0.253. The molecule has 0 aliphatic carbocycles. The molecule has 2 amide bonds. The highest BCUT2D eigenvalue weighted by Crippen LogP contribution is 2.35. The molecule has 6 heterocycles. The second-order valence-corrected chi connectivity index (χ2v) is 18.3. The van der Waals surface area contributed by atoms with Gasteiger partial charge in [-0.2, -0.15) is 0 Å². The summed E-state index contributed by atoms with van der Waals surface area (Å²) < 4.78 is 19.9. The van der Waals surface area contributed by atoms with Crippen LogP contribution in [0.1, 0.15) is 78.6 Å². The van der Waals surface area contributed by atoms with E-state index in [4.69, 9.17) is 19.3 Å². The molecule has 3 N–H and O–H groups in total. The number of piperazine rings is 1. The first-order valence-electron chi connectivity index (χ1n) is 24.1. The molecule has 5 aromatic rings. The number of phenols is 2. The maximum Gasteiger partial charge on any atom is 0.258 e. The van der Waals surface area contributed by atoms with Gasteiger partial charge in [-0.15, -0.1) is 5.10 Å². The molecule has 0 saturated carbocycles. The molecule has 2 aromatic heterocycles. The van der Waals surface area contributed by atoms with Gasteiger partial charge in [-0.3, -0.25) is 19.4 Å². The molecular formula is C52H67N9O7. The molecule has 362 valence electrons. The molecule has 16 nitrogen and oxygen atoms in total. The fraction of sp³-hybridized carbons (Fsp3) is 0.462. The predicted octanol–water partition coefficient (Wildman–Crippen LogP) is 6.53. The summed E-state index contributed by atoms with van der Waals surface area (Å²) in [5.74, 6) is 1.02. The average molecular weight is 930 g/mol. The quantitative estimate of drug-likeness (QED) is 0.103. The van der Waals surface area contributed by atoms with Crippen molar-refractivity contribution < 1.29 is 34.0 Å². The molecule has 9 rings (SSSR count). The number of allylic oxidation sites excluding steroid dienone is 1. The zero-order valence-electron chi connectivity index (χ0n) is 40.0. The number of nitrogens with one attached hydrogen (secondary N) is 1. The summed E-state index contributed by atoms with van der Waals surface area (Å²) in [6, 6.07) is 21.5. The first-order chi connectivity index (χ1) is 33.0. The maximum atomic E-state index is 13.5. The zero-order chi connectivity index (χ0) is 47.6.